The Bertz CT molecular complexity index is 1590. The number of hydrogen-bond acceptors (Lipinski definition) is 5. The van der Waals surface area contributed by atoms with Crippen LogP contribution in [0.2, 0.25) is 0 Å². The van der Waals surface area contributed by atoms with Crippen LogP contribution in [0.4, 0.5) is 0 Å². The topological polar surface area (TPSA) is 85.4 Å². The van der Waals surface area contributed by atoms with Crippen molar-refractivity contribution < 1.29 is 9.59 Å². The molecule has 0 radical (unpaired) electrons. The van der Waals surface area contributed by atoms with E-state index in [0.29, 0.717) is 29.0 Å². The highest BCUT2D eigenvalue weighted by Gasteiger charge is 2.34. The van der Waals surface area contributed by atoms with Gasteiger partial charge in [0.05, 0.1) is 16.5 Å². The lowest BCUT2D eigenvalue weighted by Gasteiger charge is -2.11. The lowest BCUT2D eigenvalue weighted by Crippen LogP contribution is -2.31. The van der Waals surface area contributed by atoms with Gasteiger partial charge < -0.3 is 0 Å². The second-order valence-corrected chi connectivity index (χ2v) is 8.68. The molecule has 6 rings (SSSR count). The van der Waals surface area contributed by atoms with Crippen LogP contribution >= 0.6 is 0 Å². The summed E-state index contributed by atoms with van der Waals surface area (Å²) in [5, 5.41) is 5.52. The number of carbonyl (C=O) groups excluding carboxylic acids is 2. The number of carbonyl (C=O) groups is 2. The summed E-state index contributed by atoms with van der Waals surface area (Å²) < 4.78 is 3.81. The first kappa shape index (κ1) is 20.3. The van der Waals surface area contributed by atoms with E-state index < -0.39 is 0 Å². The molecule has 8 heteroatoms. The molecule has 0 unspecified atom stereocenters. The molecule has 0 atom stereocenters. The Kier molecular flexibility index (Phi) is 4.38. The lowest BCUT2D eigenvalue weighted by atomic mass is 10.1. The molecule has 5 aromatic rings. The van der Waals surface area contributed by atoms with Crippen molar-refractivity contribution in [1.29, 1.82) is 0 Å². The first-order valence-corrected chi connectivity index (χ1v) is 11.2. The number of benzene rings is 2. The third-order valence-corrected chi connectivity index (χ3v) is 6.61. The van der Waals surface area contributed by atoms with Crippen LogP contribution < -0.4 is 0 Å². The summed E-state index contributed by atoms with van der Waals surface area (Å²) in [7, 11) is 0. The summed E-state index contributed by atoms with van der Waals surface area (Å²) in [6.07, 6.45) is 2.03. The standard InChI is InChI=1S/C26H22N6O2/c1-15-8-10-18(11-9-15)32-17(3)16(2)22-23(32)27-14-31-24(22)28-21(29-31)12-13-30-25(33)19-6-4-5-7-20(19)26(30)34/h4-11,14H,12-13H2,1-3H3. The van der Waals surface area contributed by atoms with E-state index in [4.69, 9.17) is 9.97 Å². The van der Waals surface area contributed by atoms with Gasteiger partial charge in [0.1, 0.15) is 6.33 Å². The van der Waals surface area contributed by atoms with Crippen molar-refractivity contribution in [2.24, 2.45) is 0 Å². The number of nitrogens with zero attached hydrogens (tertiary/aromatic N) is 6. The average Bonchev–Trinajstić information content (AvgIpc) is 3.45. The monoisotopic (exact) mass is 450 g/mol. The Morgan fingerprint density at radius 1 is 0.853 bits per heavy atom. The second kappa shape index (κ2) is 7.34. The quantitative estimate of drug-likeness (QED) is 0.389. The zero-order valence-electron chi connectivity index (χ0n) is 19.1. The van der Waals surface area contributed by atoms with Crippen molar-refractivity contribution in [2.45, 2.75) is 27.2 Å². The number of aryl methyl sites for hydroxylation is 2. The van der Waals surface area contributed by atoms with Gasteiger partial charge in [0.15, 0.2) is 17.1 Å². The van der Waals surface area contributed by atoms with E-state index in [2.05, 4.69) is 54.7 Å². The number of amides is 2. The van der Waals surface area contributed by atoms with Gasteiger partial charge in [-0.05, 0) is 50.6 Å². The molecule has 3 aromatic heterocycles. The van der Waals surface area contributed by atoms with Crippen molar-refractivity contribution in [3.05, 3.63) is 88.6 Å². The van der Waals surface area contributed by atoms with Crippen molar-refractivity contribution >= 4 is 28.5 Å². The van der Waals surface area contributed by atoms with E-state index in [9.17, 15) is 9.59 Å². The molecule has 8 nitrogen and oxygen atoms in total. The number of fused-ring (bicyclic) bond motifs is 4. The minimum Gasteiger partial charge on any atom is -0.298 e. The van der Waals surface area contributed by atoms with Gasteiger partial charge in [-0.1, -0.05) is 29.8 Å². The Morgan fingerprint density at radius 3 is 2.21 bits per heavy atom. The zero-order chi connectivity index (χ0) is 23.6. The molecule has 34 heavy (non-hydrogen) atoms. The molecule has 0 bridgehead atoms. The summed E-state index contributed by atoms with van der Waals surface area (Å²) in [6.45, 7) is 6.43. The highest BCUT2D eigenvalue weighted by Crippen LogP contribution is 2.30. The summed E-state index contributed by atoms with van der Waals surface area (Å²) >= 11 is 0. The molecular weight excluding hydrogens is 428 g/mol. The Morgan fingerprint density at radius 2 is 1.53 bits per heavy atom. The molecule has 2 aromatic carbocycles. The normalized spacial score (nSPS) is 13.4. The largest absolute Gasteiger partial charge is 0.298 e. The van der Waals surface area contributed by atoms with Crippen molar-refractivity contribution in [3.8, 4) is 5.69 Å². The Labute approximate surface area is 195 Å². The maximum absolute atomic E-state index is 12.7. The van der Waals surface area contributed by atoms with E-state index >= 15 is 0 Å². The van der Waals surface area contributed by atoms with Crippen LogP contribution in [0.15, 0.2) is 54.9 Å². The van der Waals surface area contributed by atoms with Gasteiger partial charge in [-0.25, -0.2) is 14.5 Å². The summed E-state index contributed by atoms with van der Waals surface area (Å²) in [4.78, 5) is 36.1. The summed E-state index contributed by atoms with van der Waals surface area (Å²) in [5.74, 6) is 0.0242. The number of hydrogen-bond donors (Lipinski definition) is 0. The fraction of sp³-hybridized carbons (Fsp3) is 0.192. The third-order valence-electron chi connectivity index (χ3n) is 6.61. The second-order valence-electron chi connectivity index (χ2n) is 8.68. The number of rotatable bonds is 4. The van der Waals surface area contributed by atoms with Crippen LogP contribution in [0.3, 0.4) is 0 Å². The predicted molar refractivity (Wildman–Crippen MR) is 127 cm³/mol. The highest BCUT2D eigenvalue weighted by atomic mass is 16.2. The molecule has 0 saturated heterocycles. The van der Waals surface area contributed by atoms with Crippen molar-refractivity contribution in [3.63, 3.8) is 0 Å². The molecule has 0 N–H and O–H groups in total. The first-order valence-electron chi connectivity index (χ1n) is 11.2. The third kappa shape index (κ3) is 2.88. The Hall–Kier alpha value is -4.33. The van der Waals surface area contributed by atoms with E-state index in [0.717, 1.165) is 28.0 Å². The van der Waals surface area contributed by atoms with Crippen LogP contribution in [0.25, 0.3) is 22.4 Å². The average molecular weight is 451 g/mol. The first-order chi connectivity index (χ1) is 16.4. The molecule has 4 heterocycles. The van der Waals surface area contributed by atoms with Gasteiger partial charge in [0.2, 0.25) is 0 Å². The SMILES string of the molecule is Cc1ccc(-n2c(C)c(C)c3c2ncn2nc(CCN4C(=O)c5ccccc5C4=O)nc32)cc1. The van der Waals surface area contributed by atoms with Crippen LogP contribution in [-0.4, -0.2) is 47.4 Å². The van der Waals surface area contributed by atoms with Crippen LogP contribution in [0.5, 0.6) is 0 Å². The van der Waals surface area contributed by atoms with E-state index in [1.54, 1.807) is 35.1 Å². The zero-order valence-corrected chi connectivity index (χ0v) is 19.1. The van der Waals surface area contributed by atoms with E-state index in [1.807, 2.05) is 0 Å². The minimum atomic E-state index is -0.268. The van der Waals surface area contributed by atoms with Gasteiger partial charge in [0, 0.05) is 24.3 Å². The molecule has 0 spiro atoms. The highest BCUT2D eigenvalue weighted by molar-refractivity contribution is 6.21. The molecule has 1 aliphatic heterocycles. The fourth-order valence-corrected chi connectivity index (χ4v) is 4.67. The summed E-state index contributed by atoms with van der Waals surface area (Å²) in [6, 6.07) is 15.3. The van der Waals surface area contributed by atoms with Gasteiger partial charge in [-0.3, -0.25) is 19.1 Å². The fourth-order valence-electron chi connectivity index (χ4n) is 4.67. The van der Waals surface area contributed by atoms with Crippen LogP contribution in [0, 0.1) is 20.8 Å². The van der Waals surface area contributed by atoms with Gasteiger partial charge in [-0.15, -0.1) is 5.10 Å². The molecule has 168 valence electrons. The molecule has 0 fully saturated rings. The smallest absolute Gasteiger partial charge is 0.261 e. The molecular formula is C26H22N6O2. The van der Waals surface area contributed by atoms with Gasteiger partial charge in [-0.2, -0.15) is 0 Å². The maximum Gasteiger partial charge on any atom is 0.261 e. The van der Waals surface area contributed by atoms with Gasteiger partial charge >= 0.3 is 0 Å². The van der Waals surface area contributed by atoms with E-state index in [-0.39, 0.29) is 18.4 Å². The number of imide groups is 1. The van der Waals surface area contributed by atoms with Crippen molar-refractivity contribution in [2.75, 3.05) is 6.54 Å². The summed E-state index contributed by atoms with van der Waals surface area (Å²) in [5.41, 5.74) is 6.87. The molecule has 1 aliphatic rings. The van der Waals surface area contributed by atoms with Gasteiger partial charge in [0.25, 0.3) is 11.8 Å². The minimum absolute atomic E-state index is 0.224. The Balaban J connectivity index is 1.36. The van der Waals surface area contributed by atoms with E-state index in [1.165, 1.54) is 10.5 Å². The van der Waals surface area contributed by atoms with Crippen LogP contribution in [-0.2, 0) is 6.42 Å². The van der Waals surface area contributed by atoms with Crippen molar-refractivity contribution in [1.82, 2.24) is 29.0 Å². The number of aromatic nitrogens is 5. The maximum atomic E-state index is 12.7. The molecule has 0 aliphatic carbocycles. The lowest BCUT2D eigenvalue weighted by molar-refractivity contribution is 0.0655. The molecule has 0 saturated carbocycles. The predicted octanol–water partition coefficient (Wildman–Crippen LogP) is 3.83. The van der Waals surface area contributed by atoms with Crippen LogP contribution in [0.1, 0.15) is 43.4 Å². The molecule has 2 amide bonds.